The lowest BCUT2D eigenvalue weighted by atomic mass is 9.92. The number of amides is 1. The maximum Gasteiger partial charge on any atom is 0.407 e. The van der Waals surface area contributed by atoms with Crippen molar-refractivity contribution in [1.82, 2.24) is 5.32 Å². The molecule has 0 heterocycles. The van der Waals surface area contributed by atoms with Gasteiger partial charge in [-0.15, -0.1) is 0 Å². The summed E-state index contributed by atoms with van der Waals surface area (Å²) in [6, 6.07) is 18.0. The van der Waals surface area contributed by atoms with E-state index in [2.05, 4.69) is 5.32 Å². The number of hydrogen-bond donors (Lipinski definition) is 3. The lowest BCUT2D eigenvalue weighted by Gasteiger charge is -2.27. The van der Waals surface area contributed by atoms with Gasteiger partial charge in [-0.05, 0) is 44.7 Å². The van der Waals surface area contributed by atoms with Crippen molar-refractivity contribution < 1.29 is 24.5 Å². The second-order valence-electron chi connectivity index (χ2n) is 8.46. The number of carboxylic acids is 1. The van der Waals surface area contributed by atoms with Crippen LogP contribution in [0.5, 0.6) is 0 Å². The molecular weight excluding hydrogens is 394 g/mol. The molecule has 0 unspecified atom stereocenters. The third-order valence-electron chi connectivity index (χ3n) is 4.60. The highest BCUT2D eigenvalue weighted by Gasteiger charge is 2.28. The van der Waals surface area contributed by atoms with Gasteiger partial charge >= 0.3 is 12.1 Å². The Morgan fingerprint density at radius 1 is 1.03 bits per heavy atom. The predicted octanol–water partition coefficient (Wildman–Crippen LogP) is 4.29. The lowest BCUT2D eigenvalue weighted by Crippen LogP contribution is -2.47. The number of alkyl carbamates (subject to hydrolysis) is 1. The van der Waals surface area contributed by atoms with Crippen molar-refractivity contribution in [3.8, 4) is 0 Å². The summed E-state index contributed by atoms with van der Waals surface area (Å²) in [4.78, 5) is 24.1. The number of rotatable bonds is 9. The predicted molar refractivity (Wildman–Crippen MR) is 121 cm³/mol. The molecule has 0 saturated heterocycles. The highest BCUT2D eigenvalue weighted by Crippen LogP contribution is 2.17. The van der Waals surface area contributed by atoms with E-state index < -0.39 is 35.7 Å². The molecule has 0 saturated carbocycles. The van der Waals surface area contributed by atoms with E-state index in [-0.39, 0.29) is 6.42 Å². The van der Waals surface area contributed by atoms with Gasteiger partial charge in [-0.2, -0.15) is 0 Å². The van der Waals surface area contributed by atoms with Crippen LogP contribution in [0, 0.1) is 5.92 Å². The van der Waals surface area contributed by atoms with Gasteiger partial charge in [0.25, 0.3) is 0 Å². The highest BCUT2D eigenvalue weighted by atomic mass is 16.6. The van der Waals surface area contributed by atoms with Crippen molar-refractivity contribution in [2.75, 3.05) is 0 Å². The number of carbonyl (C=O) groups excluding carboxylic acids is 1. The molecule has 3 N–H and O–H groups in total. The molecule has 6 nitrogen and oxygen atoms in total. The SMILES string of the molecule is CC(C)(C)OC(=O)N[C@@H](Cc1ccccc1)[C@H](O)C[C@@H](/C=C/c1ccccc1)C(=O)O. The Kier molecular flexibility index (Phi) is 8.82. The Balaban J connectivity index is 2.14. The van der Waals surface area contributed by atoms with E-state index in [1.54, 1.807) is 32.9 Å². The quantitative estimate of drug-likeness (QED) is 0.557. The zero-order valence-corrected chi connectivity index (χ0v) is 18.2. The second-order valence-corrected chi connectivity index (χ2v) is 8.46. The first kappa shape index (κ1) is 24.2. The van der Waals surface area contributed by atoms with Crippen LogP contribution in [-0.2, 0) is 16.0 Å². The summed E-state index contributed by atoms with van der Waals surface area (Å²) >= 11 is 0. The molecule has 31 heavy (non-hydrogen) atoms. The van der Waals surface area contributed by atoms with Crippen molar-refractivity contribution in [1.29, 1.82) is 0 Å². The number of aliphatic hydroxyl groups is 1. The van der Waals surface area contributed by atoms with E-state index in [1.807, 2.05) is 60.7 Å². The molecule has 0 spiro atoms. The number of hydrogen-bond acceptors (Lipinski definition) is 4. The molecule has 0 aliphatic rings. The fourth-order valence-electron chi connectivity index (χ4n) is 3.09. The number of ether oxygens (including phenoxy) is 1. The van der Waals surface area contributed by atoms with Crippen LogP contribution >= 0.6 is 0 Å². The summed E-state index contributed by atoms with van der Waals surface area (Å²) < 4.78 is 5.32. The van der Waals surface area contributed by atoms with Crippen LogP contribution in [0.2, 0.25) is 0 Å². The average molecular weight is 426 g/mol. The van der Waals surface area contributed by atoms with Crippen LogP contribution < -0.4 is 5.32 Å². The Bertz CT molecular complexity index is 858. The largest absolute Gasteiger partial charge is 0.481 e. The van der Waals surface area contributed by atoms with Crippen molar-refractivity contribution in [3.63, 3.8) is 0 Å². The van der Waals surface area contributed by atoms with Gasteiger partial charge in [0.2, 0.25) is 0 Å². The van der Waals surface area contributed by atoms with Crippen LogP contribution in [-0.4, -0.2) is 40.0 Å². The molecule has 1 amide bonds. The Hall–Kier alpha value is -3.12. The summed E-state index contributed by atoms with van der Waals surface area (Å²) in [5, 5.41) is 23.2. The van der Waals surface area contributed by atoms with Crippen molar-refractivity contribution in [2.45, 2.75) is 51.4 Å². The Labute approximate surface area is 183 Å². The molecule has 0 aromatic heterocycles. The monoisotopic (exact) mass is 425 g/mol. The van der Waals surface area contributed by atoms with Gasteiger partial charge in [0.1, 0.15) is 5.60 Å². The normalized spacial score (nSPS) is 14.6. The topological polar surface area (TPSA) is 95.9 Å². The first-order valence-electron chi connectivity index (χ1n) is 10.3. The summed E-state index contributed by atoms with van der Waals surface area (Å²) in [5.41, 5.74) is 1.10. The van der Waals surface area contributed by atoms with E-state index >= 15 is 0 Å². The van der Waals surface area contributed by atoms with Crippen molar-refractivity contribution in [3.05, 3.63) is 77.9 Å². The van der Waals surface area contributed by atoms with Crippen LogP contribution in [0.15, 0.2) is 66.7 Å². The highest BCUT2D eigenvalue weighted by molar-refractivity contribution is 5.74. The first-order chi connectivity index (χ1) is 14.6. The standard InChI is InChI=1S/C25H31NO5/c1-25(2,3)31-24(30)26-21(16-19-12-8-5-9-13-19)22(27)17-20(23(28)29)15-14-18-10-6-4-7-11-18/h4-15,20-22,27H,16-17H2,1-3H3,(H,26,30)(H,28,29)/b15-14+/t20-,21+,22-/m1/s1. The van der Waals surface area contributed by atoms with Gasteiger partial charge in [-0.3, -0.25) is 4.79 Å². The number of nitrogens with one attached hydrogen (secondary N) is 1. The smallest absolute Gasteiger partial charge is 0.407 e. The van der Waals surface area contributed by atoms with E-state index in [4.69, 9.17) is 4.74 Å². The van der Waals surface area contributed by atoms with Crippen LogP contribution in [0.25, 0.3) is 6.08 Å². The summed E-state index contributed by atoms with van der Waals surface area (Å²) in [6.45, 7) is 5.26. The Morgan fingerprint density at radius 3 is 2.16 bits per heavy atom. The van der Waals surface area contributed by atoms with Gasteiger partial charge in [-0.1, -0.05) is 72.8 Å². The molecule has 2 rings (SSSR count). The molecule has 0 aliphatic heterocycles. The molecule has 0 aliphatic carbocycles. The minimum Gasteiger partial charge on any atom is -0.481 e. The fraction of sp³-hybridized carbons (Fsp3) is 0.360. The van der Waals surface area contributed by atoms with Gasteiger partial charge in [0.15, 0.2) is 0 Å². The molecule has 0 radical (unpaired) electrons. The van der Waals surface area contributed by atoms with E-state index in [1.165, 1.54) is 0 Å². The molecule has 166 valence electrons. The number of carboxylic acid groups (broad SMARTS) is 1. The van der Waals surface area contributed by atoms with E-state index in [0.29, 0.717) is 6.42 Å². The second kappa shape index (κ2) is 11.3. The fourth-order valence-corrected chi connectivity index (χ4v) is 3.09. The zero-order chi connectivity index (χ0) is 22.9. The van der Waals surface area contributed by atoms with Crippen LogP contribution in [0.1, 0.15) is 38.3 Å². The Morgan fingerprint density at radius 2 is 1.61 bits per heavy atom. The molecule has 0 bridgehead atoms. The maximum atomic E-state index is 12.3. The first-order valence-corrected chi connectivity index (χ1v) is 10.3. The molecule has 0 fully saturated rings. The van der Waals surface area contributed by atoms with E-state index in [9.17, 15) is 19.8 Å². The molecule has 2 aromatic rings. The maximum absolute atomic E-state index is 12.3. The van der Waals surface area contributed by atoms with Crippen LogP contribution in [0.4, 0.5) is 4.79 Å². The van der Waals surface area contributed by atoms with Crippen molar-refractivity contribution in [2.24, 2.45) is 5.92 Å². The minimum absolute atomic E-state index is 0.0496. The van der Waals surface area contributed by atoms with Gasteiger partial charge < -0.3 is 20.3 Å². The zero-order valence-electron chi connectivity index (χ0n) is 18.2. The number of carbonyl (C=O) groups is 2. The molecule has 3 atom stereocenters. The van der Waals surface area contributed by atoms with Gasteiger partial charge in [0.05, 0.1) is 18.1 Å². The number of aliphatic carboxylic acids is 1. The van der Waals surface area contributed by atoms with Crippen LogP contribution in [0.3, 0.4) is 0 Å². The molecule has 2 aromatic carbocycles. The lowest BCUT2D eigenvalue weighted by molar-refractivity contribution is -0.141. The average Bonchev–Trinajstić information content (AvgIpc) is 2.70. The van der Waals surface area contributed by atoms with Gasteiger partial charge in [0, 0.05) is 0 Å². The number of aliphatic hydroxyl groups excluding tert-OH is 1. The summed E-state index contributed by atoms with van der Waals surface area (Å²) in [5.74, 6) is -1.95. The minimum atomic E-state index is -1.09. The molecule has 6 heteroatoms. The van der Waals surface area contributed by atoms with Gasteiger partial charge in [-0.25, -0.2) is 4.79 Å². The number of benzene rings is 2. The third-order valence-corrected chi connectivity index (χ3v) is 4.60. The third kappa shape index (κ3) is 9.05. The summed E-state index contributed by atoms with van der Waals surface area (Å²) in [6.07, 6.45) is 1.84. The van der Waals surface area contributed by atoms with Crippen molar-refractivity contribution >= 4 is 18.1 Å². The van der Waals surface area contributed by atoms with E-state index in [0.717, 1.165) is 11.1 Å². The molecular formula is C25H31NO5. The summed E-state index contributed by atoms with van der Waals surface area (Å²) in [7, 11) is 0.